The largest absolute Gasteiger partial charge is 0.383 e. The van der Waals surface area contributed by atoms with Crippen molar-refractivity contribution in [1.29, 1.82) is 0 Å². The first-order chi connectivity index (χ1) is 12.1. The van der Waals surface area contributed by atoms with E-state index in [4.69, 9.17) is 4.74 Å². The average molecular weight is 347 g/mol. The lowest BCUT2D eigenvalue weighted by atomic mass is 9.99. The van der Waals surface area contributed by atoms with E-state index in [1.165, 1.54) is 37.2 Å². The number of anilines is 1. The van der Waals surface area contributed by atoms with Crippen LogP contribution in [-0.2, 0) is 11.3 Å². The van der Waals surface area contributed by atoms with E-state index in [1.807, 2.05) is 0 Å². The molecule has 5 heteroatoms. The maximum Gasteiger partial charge on any atom is 0.191 e. The molecule has 0 saturated carbocycles. The summed E-state index contributed by atoms with van der Waals surface area (Å²) < 4.78 is 5.17. The third-order valence-corrected chi connectivity index (χ3v) is 4.65. The molecule has 1 unspecified atom stereocenters. The van der Waals surface area contributed by atoms with Crippen LogP contribution in [0.4, 0.5) is 5.69 Å². The number of guanidine groups is 1. The van der Waals surface area contributed by atoms with E-state index in [0.29, 0.717) is 13.2 Å². The fourth-order valence-corrected chi connectivity index (χ4v) is 3.09. The van der Waals surface area contributed by atoms with Gasteiger partial charge in [-0.05, 0) is 50.3 Å². The molecule has 1 saturated heterocycles. The number of nitrogens with one attached hydrogen (secondary N) is 2. The molecular weight excluding hydrogens is 312 g/mol. The molecule has 0 radical (unpaired) electrons. The van der Waals surface area contributed by atoms with Crippen LogP contribution in [0.5, 0.6) is 0 Å². The van der Waals surface area contributed by atoms with Gasteiger partial charge in [-0.25, -0.2) is 4.99 Å². The van der Waals surface area contributed by atoms with Crippen molar-refractivity contribution in [3.63, 3.8) is 0 Å². The Bertz CT molecular complexity index is 521. The molecule has 1 atom stereocenters. The summed E-state index contributed by atoms with van der Waals surface area (Å²) in [6, 6.07) is 9.08. The van der Waals surface area contributed by atoms with Crippen LogP contribution in [0.2, 0.25) is 0 Å². The van der Waals surface area contributed by atoms with Crippen molar-refractivity contribution in [3.05, 3.63) is 29.8 Å². The fourth-order valence-electron chi connectivity index (χ4n) is 3.09. The van der Waals surface area contributed by atoms with Crippen LogP contribution >= 0.6 is 0 Å². The maximum atomic E-state index is 5.17. The Labute approximate surface area is 152 Å². The van der Waals surface area contributed by atoms with Crippen LogP contribution in [0.15, 0.2) is 29.3 Å². The normalized spacial score (nSPS) is 17.4. The number of methoxy groups -OCH3 is 1. The van der Waals surface area contributed by atoms with Crippen molar-refractivity contribution in [2.24, 2.45) is 10.9 Å². The highest BCUT2D eigenvalue weighted by Gasteiger charge is 2.15. The number of aliphatic imine (C=N–C) groups is 1. The quantitative estimate of drug-likeness (QED) is 0.589. The molecule has 0 spiro atoms. The molecule has 1 heterocycles. The lowest BCUT2D eigenvalue weighted by Crippen LogP contribution is -2.43. The van der Waals surface area contributed by atoms with Crippen LogP contribution in [-0.4, -0.2) is 45.4 Å². The van der Waals surface area contributed by atoms with Gasteiger partial charge in [0.1, 0.15) is 0 Å². The molecule has 1 aromatic carbocycles. The Kier molecular flexibility index (Phi) is 8.06. The van der Waals surface area contributed by atoms with Gasteiger partial charge in [-0.3, -0.25) is 0 Å². The smallest absolute Gasteiger partial charge is 0.191 e. The zero-order chi connectivity index (χ0) is 18.1. The van der Waals surface area contributed by atoms with Crippen molar-refractivity contribution in [2.75, 3.05) is 38.3 Å². The van der Waals surface area contributed by atoms with Gasteiger partial charge < -0.3 is 20.3 Å². The van der Waals surface area contributed by atoms with E-state index in [0.717, 1.165) is 18.4 Å². The molecule has 2 N–H and O–H groups in total. The van der Waals surface area contributed by atoms with Gasteiger partial charge in [0.05, 0.1) is 13.2 Å². The van der Waals surface area contributed by atoms with Crippen molar-refractivity contribution in [1.82, 2.24) is 10.6 Å². The number of nitrogens with zero attached hydrogens (tertiary/aromatic N) is 2. The first kappa shape index (κ1) is 19.6. The Morgan fingerprint density at radius 3 is 2.56 bits per heavy atom. The average Bonchev–Trinajstić information content (AvgIpc) is 2.61. The van der Waals surface area contributed by atoms with Crippen LogP contribution in [0.1, 0.15) is 39.2 Å². The van der Waals surface area contributed by atoms with Crippen molar-refractivity contribution < 1.29 is 4.74 Å². The molecule has 5 nitrogen and oxygen atoms in total. The van der Waals surface area contributed by atoms with E-state index in [2.05, 4.69) is 65.6 Å². The van der Waals surface area contributed by atoms with Gasteiger partial charge in [0.25, 0.3) is 0 Å². The Morgan fingerprint density at radius 2 is 1.96 bits per heavy atom. The van der Waals surface area contributed by atoms with Gasteiger partial charge >= 0.3 is 0 Å². The summed E-state index contributed by atoms with van der Waals surface area (Å²) in [7, 11) is 1.72. The highest BCUT2D eigenvalue weighted by molar-refractivity contribution is 5.80. The van der Waals surface area contributed by atoms with E-state index in [1.54, 1.807) is 7.11 Å². The van der Waals surface area contributed by atoms with Gasteiger partial charge in [0, 0.05) is 38.5 Å². The lowest BCUT2D eigenvalue weighted by molar-refractivity contribution is 0.179. The maximum absolute atomic E-state index is 5.17. The van der Waals surface area contributed by atoms with Gasteiger partial charge in [0.15, 0.2) is 5.96 Å². The summed E-state index contributed by atoms with van der Waals surface area (Å²) in [5.41, 5.74) is 2.56. The monoisotopic (exact) mass is 346 g/mol. The Hall–Kier alpha value is -1.75. The number of benzene rings is 1. The van der Waals surface area contributed by atoms with E-state index in [-0.39, 0.29) is 6.04 Å². The summed E-state index contributed by atoms with van der Waals surface area (Å²) in [4.78, 5) is 7.17. The molecule has 140 valence electrons. The Balaban J connectivity index is 1.91. The summed E-state index contributed by atoms with van der Waals surface area (Å²) >= 11 is 0. The molecule has 1 fully saturated rings. The minimum atomic E-state index is 0.228. The second kappa shape index (κ2) is 10.3. The first-order valence-corrected chi connectivity index (χ1v) is 9.50. The number of rotatable bonds is 7. The molecule has 0 aliphatic carbocycles. The zero-order valence-electron chi connectivity index (χ0n) is 16.2. The molecule has 25 heavy (non-hydrogen) atoms. The number of hydrogen-bond donors (Lipinski definition) is 2. The van der Waals surface area contributed by atoms with Crippen molar-refractivity contribution in [3.8, 4) is 0 Å². The molecule has 1 aliphatic heterocycles. The van der Waals surface area contributed by atoms with E-state index < -0.39 is 0 Å². The summed E-state index contributed by atoms with van der Waals surface area (Å²) in [5, 5.41) is 6.65. The van der Waals surface area contributed by atoms with Gasteiger partial charge in [-0.1, -0.05) is 19.1 Å². The molecular formula is C20H34N4O. The molecule has 0 amide bonds. The number of ether oxygens (including phenoxy) is 1. The topological polar surface area (TPSA) is 48.9 Å². The molecule has 0 aromatic heterocycles. The summed E-state index contributed by atoms with van der Waals surface area (Å²) in [6.07, 6.45) is 2.59. The molecule has 2 rings (SSSR count). The Morgan fingerprint density at radius 1 is 1.28 bits per heavy atom. The van der Waals surface area contributed by atoms with Gasteiger partial charge in [0.2, 0.25) is 0 Å². The molecule has 0 bridgehead atoms. The second-order valence-electron chi connectivity index (χ2n) is 7.03. The SMILES string of the molecule is CCNC(=NCc1ccc(N2CCC(C)CC2)cc1)NC(C)COC. The predicted molar refractivity (Wildman–Crippen MR) is 106 cm³/mol. The minimum Gasteiger partial charge on any atom is -0.383 e. The van der Waals surface area contributed by atoms with Gasteiger partial charge in [-0.2, -0.15) is 0 Å². The standard InChI is InChI=1S/C20H34N4O/c1-5-21-20(23-17(3)15-25-4)22-14-18-6-8-19(9-7-18)24-12-10-16(2)11-13-24/h6-9,16-17H,5,10-15H2,1-4H3,(H2,21,22,23). The number of hydrogen-bond acceptors (Lipinski definition) is 3. The summed E-state index contributed by atoms with van der Waals surface area (Å²) in [5.74, 6) is 1.70. The fraction of sp³-hybridized carbons (Fsp3) is 0.650. The van der Waals surface area contributed by atoms with Crippen LogP contribution in [0.25, 0.3) is 0 Å². The zero-order valence-corrected chi connectivity index (χ0v) is 16.2. The van der Waals surface area contributed by atoms with Gasteiger partial charge in [-0.15, -0.1) is 0 Å². The summed E-state index contributed by atoms with van der Waals surface area (Å²) in [6.45, 7) is 11.0. The second-order valence-corrected chi connectivity index (χ2v) is 7.03. The van der Waals surface area contributed by atoms with E-state index >= 15 is 0 Å². The predicted octanol–water partition coefficient (Wildman–Crippen LogP) is 3.01. The molecule has 1 aromatic rings. The highest BCUT2D eigenvalue weighted by atomic mass is 16.5. The minimum absolute atomic E-state index is 0.228. The third kappa shape index (κ3) is 6.58. The first-order valence-electron chi connectivity index (χ1n) is 9.50. The molecule has 1 aliphatic rings. The van der Waals surface area contributed by atoms with E-state index in [9.17, 15) is 0 Å². The van der Waals surface area contributed by atoms with Crippen molar-refractivity contribution in [2.45, 2.75) is 46.2 Å². The highest BCUT2D eigenvalue weighted by Crippen LogP contribution is 2.23. The lowest BCUT2D eigenvalue weighted by Gasteiger charge is -2.32. The number of piperidine rings is 1. The van der Waals surface area contributed by atoms with Crippen molar-refractivity contribution >= 4 is 11.6 Å². The third-order valence-electron chi connectivity index (χ3n) is 4.65. The van der Waals surface area contributed by atoms with Crippen LogP contribution in [0, 0.1) is 5.92 Å². The van der Waals surface area contributed by atoms with Crippen LogP contribution < -0.4 is 15.5 Å². The van der Waals surface area contributed by atoms with Crippen LogP contribution in [0.3, 0.4) is 0 Å².